The lowest BCUT2D eigenvalue weighted by Crippen LogP contribution is -2.15. The zero-order valence-corrected chi connectivity index (χ0v) is 8.82. The van der Waals surface area contributed by atoms with Gasteiger partial charge < -0.3 is 10.1 Å². The summed E-state index contributed by atoms with van der Waals surface area (Å²) in [5.74, 6) is 0.327. The maximum absolute atomic E-state index is 11.5. The van der Waals surface area contributed by atoms with Crippen LogP contribution in [0.5, 0.6) is 0 Å². The van der Waals surface area contributed by atoms with Gasteiger partial charge in [-0.1, -0.05) is 12.2 Å². The minimum Gasteiger partial charge on any atom is -0.456 e. The molecule has 0 unspecified atom stereocenters. The summed E-state index contributed by atoms with van der Waals surface area (Å²) in [5.41, 5.74) is 0.103. The number of nitrogens with one attached hydrogen (secondary N) is 1. The van der Waals surface area contributed by atoms with Gasteiger partial charge in [0.1, 0.15) is 17.1 Å². The number of hydrogen-bond acceptors (Lipinski definition) is 3. The maximum atomic E-state index is 11.5. The van der Waals surface area contributed by atoms with Crippen LogP contribution in [0.25, 0.3) is 0 Å². The molecule has 0 aliphatic carbocycles. The smallest absolute Gasteiger partial charge is 0.259 e. The molecule has 0 aromatic carbocycles. The van der Waals surface area contributed by atoms with Crippen LogP contribution < -0.4 is 5.32 Å². The molecule has 1 N–H and O–H groups in total. The van der Waals surface area contributed by atoms with E-state index in [0.29, 0.717) is 11.5 Å². The summed E-state index contributed by atoms with van der Waals surface area (Å²) < 4.78 is 5.44. The number of carbonyl (C=O) groups excluding carboxylic acids is 2. The fourth-order valence-electron chi connectivity index (χ4n) is 1.53. The van der Waals surface area contributed by atoms with Crippen LogP contribution in [0, 0.1) is 0 Å². The number of Topliss-reactive ketones (excluding diaryl/α,β-unsaturated/α-hetero) is 1. The molecule has 1 fully saturated rings. The largest absolute Gasteiger partial charge is 0.456 e. The van der Waals surface area contributed by atoms with Gasteiger partial charge in [-0.2, -0.15) is 0 Å². The molecule has 4 nitrogen and oxygen atoms in total. The molecule has 0 atom stereocenters. The molecule has 16 heavy (non-hydrogen) atoms. The highest BCUT2D eigenvalue weighted by Crippen LogP contribution is 2.21. The third kappa shape index (κ3) is 1.82. The van der Waals surface area contributed by atoms with E-state index in [9.17, 15) is 9.59 Å². The Kier molecular flexibility index (Phi) is 2.72. The van der Waals surface area contributed by atoms with Crippen molar-refractivity contribution >= 4 is 11.7 Å². The third-order valence-corrected chi connectivity index (χ3v) is 2.23. The molecule has 0 aromatic rings. The fraction of sp³-hybridized carbons (Fsp3) is 0.167. The second-order valence-electron chi connectivity index (χ2n) is 3.38. The average molecular weight is 217 g/mol. The van der Waals surface area contributed by atoms with Gasteiger partial charge in [-0.25, -0.2) is 0 Å². The van der Waals surface area contributed by atoms with Crippen molar-refractivity contribution in [1.29, 1.82) is 0 Å². The molecule has 0 saturated carbocycles. The predicted molar refractivity (Wildman–Crippen MR) is 58.2 cm³/mol. The Morgan fingerprint density at radius 3 is 2.88 bits per heavy atom. The minimum atomic E-state index is -0.369. The summed E-state index contributed by atoms with van der Waals surface area (Å²) in [5, 5.41) is 2.47. The molecule has 0 spiro atoms. The number of ether oxygens (including phenoxy) is 1. The number of carbonyl (C=O) groups is 2. The van der Waals surface area contributed by atoms with Crippen LogP contribution in [0.2, 0.25) is 0 Å². The van der Waals surface area contributed by atoms with Crippen molar-refractivity contribution in [2.24, 2.45) is 0 Å². The highest BCUT2D eigenvalue weighted by molar-refractivity contribution is 6.25. The summed E-state index contributed by atoms with van der Waals surface area (Å²) in [4.78, 5) is 22.9. The first-order valence-corrected chi connectivity index (χ1v) is 4.97. The summed E-state index contributed by atoms with van der Waals surface area (Å²) >= 11 is 0. The molecule has 2 aliphatic heterocycles. The maximum Gasteiger partial charge on any atom is 0.259 e. The van der Waals surface area contributed by atoms with E-state index in [0.717, 1.165) is 0 Å². The van der Waals surface area contributed by atoms with Gasteiger partial charge in [0.2, 0.25) is 0 Å². The highest BCUT2D eigenvalue weighted by atomic mass is 16.5. The zero-order chi connectivity index (χ0) is 11.5. The van der Waals surface area contributed by atoms with Crippen LogP contribution in [0.4, 0.5) is 0 Å². The summed E-state index contributed by atoms with van der Waals surface area (Å²) in [6.45, 7) is 1.92. The van der Waals surface area contributed by atoms with E-state index in [1.807, 2.05) is 13.0 Å². The third-order valence-electron chi connectivity index (χ3n) is 2.23. The average Bonchev–Trinajstić information content (AvgIpc) is 2.59. The minimum absolute atomic E-state index is 0.0531. The van der Waals surface area contributed by atoms with Gasteiger partial charge in [0.15, 0.2) is 5.78 Å². The van der Waals surface area contributed by atoms with Gasteiger partial charge >= 0.3 is 0 Å². The van der Waals surface area contributed by atoms with E-state index in [2.05, 4.69) is 5.32 Å². The van der Waals surface area contributed by atoms with Gasteiger partial charge in [-0.05, 0) is 25.2 Å². The molecule has 0 radical (unpaired) electrons. The Balaban J connectivity index is 2.34. The van der Waals surface area contributed by atoms with Crippen molar-refractivity contribution in [1.82, 2.24) is 5.32 Å². The van der Waals surface area contributed by atoms with Crippen LogP contribution in [0.15, 0.2) is 47.5 Å². The number of hydrogen-bond donors (Lipinski definition) is 1. The van der Waals surface area contributed by atoms with Gasteiger partial charge in [-0.15, -0.1) is 0 Å². The van der Waals surface area contributed by atoms with E-state index in [1.54, 1.807) is 24.3 Å². The van der Waals surface area contributed by atoms with Gasteiger partial charge in [0.25, 0.3) is 5.91 Å². The number of amides is 1. The van der Waals surface area contributed by atoms with Crippen LogP contribution in [0.3, 0.4) is 0 Å². The SMILES string of the molecule is C/C=C/C1=CC=C/C(=C2\C(=O)CNC2=O)O1. The quantitative estimate of drug-likeness (QED) is 0.526. The van der Waals surface area contributed by atoms with Crippen LogP contribution >= 0.6 is 0 Å². The molecule has 1 saturated heterocycles. The molecule has 2 rings (SSSR count). The predicted octanol–water partition coefficient (Wildman–Crippen LogP) is 0.986. The Hall–Kier alpha value is -2.10. The van der Waals surface area contributed by atoms with Crippen molar-refractivity contribution in [3.8, 4) is 0 Å². The zero-order valence-electron chi connectivity index (χ0n) is 8.82. The second-order valence-corrected chi connectivity index (χ2v) is 3.38. The second kappa shape index (κ2) is 4.18. The molecular formula is C12H11NO3. The van der Waals surface area contributed by atoms with Crippen LogP contribution in [-0.2, 0) is 14.3 Å². The Labute approximate surface area is 93.0 Å². The van der Waals surface area contributed by atoms with Crippen molar-refractivity contribution in [2.75, 3.05) is 6.54 Å². The van der Waals surface area contributed by atoms with Gasteiger partial charge in [0, 0.05) is 0 Å². The molecule has 82 valence electrons. The lowest BCUT2D eigenvalue weighted by molar-refractivity contribution is -0.117. The van der Waals surface area contributed by atoms with Gasteiger partial charge in [0.05, 0.1) is 6.54 Å². The monoisotopic (exact) mass is 217 g/mol. The molecular weight excluding hydrogens is 206 g/mol. The first-order valence-electron chi connectivity index (χ1n) is 4.97. The van der Waals surface area contributed by atoms with E-state index in [1.165, 1.54) is 0 Å². The number of rotatable bonds is 1. The first kappa shape index (κ1) is 10.4. The van der Waals surface area contributed by atoms with E-state index in [-0.39, 0.29) is 23.8 Å². The summed E-state index contributed by atoms with van der Waals surface area (Å²) in [7, 11) is 0. The van der Waals surface area contributed by atoms with Crippen molar-refractivity contribution in [3.05, 3.63) is 47.5 Å². The van der Waals surface area contributed by atoms with Gasteiger partial charge in [-0.3, -0.25) is 9.59 Å². The summed E-state index contributed by atoms with van der Waals surface area (Å²) in [6.07, 6.45) is 8.72. The standard InChI is InChI=1S/C12H11NO3/c1-2-4-8-5-3-6-10(16-8)11-9(14)7-13-12(11)15/h2-6H,7H2,1H3,(H,13,15)/b4-2+,11-10-. The lowest BCUT2D eigenvalue weighted by atomic mass is 10.1. The number of ketones is 1. The van der Waals surface area contributed by atoms with Crippen LogP contribution in [-0.4, -0.2) is 18.2 Å². The fourth-order valence-corrected chi connectivity index (χ4v) is 1.53. The van der Waals surface area contributed by atoms with E-state index >= 15 is 0 Å². The van der Waals surface area contributed by atoms with Crippen molar-refractivity contribution < 1.29 is 14.3 Å². The van der Waals surface area contributed by atoms with E-state index < -0.39 is 0 Å². The molecule has 1 amide bonds. The molecule has 4 heteroatoms. The normalized spacial score (nSPS) is 24.7. The van der Waals surface area contributed by atoms with E-state index in [4.69, 9.17) is 4.74 Å². The molecule has 2 aliphatic rings. The Bertz CT molecular complexity index is 449. The topological polar surface area (TPSA) is 55.4 Å². The van der Waals surface area contributed by atoms with Crippen LogP contribution in [0.1, 0.15) is 6.92 Å². The first-order chi connectivity index (χ1) is 7.72. The highest BCUT2D eigenvalue weighted by Gasteiger charge is 2.30. The lowest BCUT2D eigenvalue weighted by Gasteiger charge is -2.11. The molecule has 0 aromatic heterocycles. The van der Waals surface area contributed by atoms with Crippen molar-refractivity contribution in [2.45, 2.75) is 6.92 Å². The summed E-state index contributed by atoms with van der Waals surface area (Å²) in [6, 6.07) is 0. The number of allylic oxidation sites excluding steroid dienone is 5. The molecule has 2 heterocycles. The molecule has 0 bridgehead atoms. The van der Waals surface area contributed by atoms with Crippen molar-refractivity contribution in [3.63, 3.8) is 0 Å². The Morgan fingerprint density at radius 2 is 2.25 bits per heavy atom. The Morgan fingerprint density at radius 1 is 1.44 bits per heavy atom.